The summed E-state index contributed by atoms with van der Waals surface area (Å²) < 4.78 is 27.4. The molecular weight excluding hydrogens is 366 g/mol. The number of aryl methyl sites for hydroxylation is 1. The number of hydrogen-bond donors (Lipinski definition) is 2. The number of aromatic amines is 2. The lowest BCUT2D eigenvalue weighted by atomic mass is 10.2. The first-order valence-electron chi connectivity index (χ1n) is 8.78. The normalized spacial score (nSPS) is 16.8. The van der Waals surface area contributed by atoms with Crippen LogP contribution in [0.3, 0.4) is 0 Å². The van der Waals surface area contributed by atoms with Gasteiger partial charge >= 0.3 is 5.69 Å². The van der Waals surface area contributed by atoms with Gasteiger partial charge in [0, 0.05) is 44.6 Å². The van der Waals surface area contributed by atoms with Crippen molar-refractivity contribution in [1.29, 1.82) is 0 Å². The van der Waals surface area contributed by atoms with E-state index in [4.69, 9.17) is 0 Å². The predicted octanol–water partition coefficient (Wildman–Crippen LogP) is 1.07. The van der Waals surface area contributed by atoms with Crippen molar-refractivity contribution in [1.82, 2.24) is 24.2 Å². The highest BCUT2D eigenvalue weighted by molar-refractivity contribution is 7.89. The number of hydrogen-bond acceptors (Lipinski definition) is 5. The van der Waals surface area contributed by atoms with Crippen LogP contribution in [0, 0.1) is 6.92 Å². The summed E-state index contributed by atoms with van der Waals surface area (Å²) >= 11 is 0. The second-order valence-corrected chi connectivity index (χ2v) is 8.71. The van der Waals surface area contributed by atoms with Gasteiger partial charge in [0.15, 0.2) is 0 Å². The van der Waals surface area contributed by atoms with E-state index in [0.29, 0.717) is 37.2 Å². The summed E-state index contributed by atoms with van der Waals surface area (Å²) in [5.41, 5.74) is 2.90. The molecular formula is C18H21N5O3S. The summed E-state index contributed by atoms with van der Waals surface area (Å²) in [5, 5.41) is 0. The number of sulfonamides is 1. The molecule has 4 rings (SSSR count). The van der Waals surface area contributed by atoms with Crippen LogP contribution < -0.4 is 5.69 Å². The van der Waals surface area contributed by atoms with Crippen molar-refractivity contribution in [3.05, 3.63) is 58.3 Å². The van der Waals surface area contributed by atoms with E-state index in [0.717, 1.165) is 12.2 Å². The third-order valence-electron chi connectivity index (χ3n) is 4.82. The highest BCUT2D eigenvalue weighted by Gasteiger charge is 2.28. The zero-order valence-electron chi connectivity index (χ0n) is 15.0. The van der Waals surface area contributed by atoms with Gasteiger partial charge in [-0.05, 0) is 42.8 Å². The fourth-order valence-corrected chi connectivity index (χ4v) is 4.86. The van der Waals surface area contributed by atoms with Crippen LogP contribution >= 0.6 is 0 Å². The Morgan fingerprint density at radius 3 is 2.52 bits per heavy atom. The fraction of sp³-hybridized carbons (Fsp3) is 0.333. The smallest absolute Gasteiger partial charge is 0.306 e. The zero-order chi connectivity index (χ0) is 19.0. The number of fused-ring (bicyclic) bond motifs is 1. The second kappa shape index (κ2) is 6.91. The third-order valence-corrected chi connectivity index (χ3v) is 6.72. The Hall–Kier alpha value is -2.49. The van der Waals surface area contributed by atoms with Crippen molar-refractivity contribution in [3.8, 4) is 0 Å². The molecule has 1 saturated heterocycles. The number of rotatable bonds is 4. The Balaban J connectivity index is 1.46. The average Bonchev–Trinajstić information content (AvgIpc) is 3.01. The number of pyridine rings is 1. The van der Waals surface area contributed by atoms with Crippen LogP contribution in [0.4, 0.5) is 0 Å². The van der Waals surface area contributed by atoms with Crippen LogP contribution in [-0.4, -0.2) is 58.8 Å². The van der Waals surface area contributed by atoms with Crippen molar-refractivity contribution in [2.75, 3.05) is 26.2 Å². The maximum Gasteiger partial charge on any atom is 0.323 e. The molecule has 0 spiro atoms. The molecule has 27 heavy (non-hydrogen) atoms. The Morgan fingerprint density at radius 1 is 1.04 bits per heavy atom. The van der Waals surface area contributed by atoms with Crippen molar-refractivity contribution < 1.29 is 8.42 Å². The molecule has 1 aliphatic rings. The van der Waals surface area contributed by atoms with Crippen LogP contribution in [0.2, 0.25) is 0 Å². The van der Waals surface area contributed by atoms with E-state index in [9.17, 15) is 13.2 Å². The summed E-state index contributed by atoms with van der Waals surface area (Å²) in [6, 6.07) is 8.70. The van der Waals surface area contributed by atoms with Gasteiger partial charge in [0.1, 0.15) is 0 Å². The number of aromatic nitrogens is 3. The molecule has 0 atom stereocenters. The highest BCUT2D eigenvalue weighted by atomic mass is 32.2. The maximum absolute atomic E-state index is 12.9. The van der Waals surface area contributed by atoms with Crippen molar-refractivity contribution >= 4 is 21.1 Å². The van der Waals surface area contributed by atoms with Crippen LogP contribution in [0.1, 0.15) is 11.3 Å². The summed E-state index contributed by atoms with van der Waals surface area (Å²) in [6.07, 6.45) is 1.80. The fourth-order valence-electron chi connectivity index (χ4n) is 3.41. The zero-order valence-corrected chi connectivity index (χ0v) is 15.8. The van der Waals surface area contributed by atoms with Crippen LogP contribution in [0.15, 0.2) is 46.2 Å². The van der Waals surface area contributed by atoms with Crippen molar-refractivity contribution in [2.45, 2.75) is 18.4 Å². The highest BCUT2D eigenvalue weighted by Crippen LogP contribution is 2.21. The number of H-pyrrole nitrogens is 2. The Bertz CT molecular complexity index is 1130. The number of piperazine rings is 1. The molecule has 0 amide bonds. The molecule has 3 aromatic rings. The Morgan fingerprint density at radius 2 is 1.78 bits per heavy atom. The largest absolute Gasteiger partial charge is 0.323 e. The number of imidazole rings is 1. The van der Waals surface area contributed by atoms with Gasteiger partial charge in [0.2, 0.25) is 10.0 Å². The van der Waals surface area contributed by atoms with Gasteiger partial charge in [-0.25, -0.2) is 13.2 Å². The first kappa shape index (κ1) is 17.9. The van der Waals surface area contributed by atoms with E-state index >= 15 is 0 Å². The lowest BCUT2D eigenvalue weighted by molar-refractivity contribution is 0.181. The summed E-state index contributed by atoms with van der Waals surface area (Å²) in [6.45, 7) is 4.96. The second-order valence-electron chi connectivity index (χ2n) is 6.77. The minimum absolute atomic E-state index is 0.198. The Labute approximate surface area is 156 Å². The lowest BCUT2D eigenvalue weighted by Crippen LogP contribution is -2.48. The van der Waals surface area contributed by atoms with Gasteiger partial charge in [0.25, 0.3) is 0 Å². The van der Waals surface area contributed by atoms with Gasteiger partial charge < -0.3 is 9.97 Å². The van der Waals surface area contributed by atoms with E-state index in [1.807, 2.05) is 13.0 Å². The average molecular weight is 387 g/mol. The minimum atomic E-state index is -3.59. The Kier molecular flexibility index (Phi) is 4.58. The van der Waals surface area contributed by atoms with E-state index in [2.05, 4.69) is 25.9 Å². The molecule has 0 saturated carbocycles. The molecule has 0 radical (unpaired) electrons. The summed E-state index contributed by atoms with van der Waals surface area (Å²) in [5.74, 6) is 0. The van der Waals surface area contributed by atoms with Crippen LogP contribution in [0.25, 0.3) is 11.0 Å². The monoisotopic (exact) mass is 387 g/mol. The first-order chi connectivity index (χ1) is 12.9. The molecule has 142 valence electrons. The first-order valence-corrected chi connectivity index (χ1v) is 10.2. The van der Waals surface area contributed by atoms with Gasteiger partial charge in [-0.3, -0.25) is 9.88 Å². The van der Waals surface area contributed by atoms with E-state index in [1.54, 1.807) is 12.3 Å². The minimum Gasteiger partial charge on any atom is -0.306 e. The van der Waals surface area contributed by atoms with Gasteiger partial charge in [-0.15, -0.1) is 0 Å². The van der Waals surface area contributed by atoms with Crippen molar-refractivity contribution in [3.63, 3.8) is 0 Å². The molecule has 8 nitrogen and oxygen atoms in total. The van der Waals surface area contributed by atoms with E-state index in [1.165, 1.54) is 22.0 Å². The number of nitrogens with one attached hydrogen (secondary N) is 2. The number of nitrogens with zero attached hydrogens (tertiary/aromatic N) is 3. The van der Waals surface area contributed by atoms with E-state index < -0.39 is 10.0 Å². The van der Waals surface area contributed by atoms with Gasteiger partial charge in [-0.1, -0.05) is 0 Å². The molecule has 0 bridgehead atoms. The lowest BCUT2D eigenvalue weighted by Gasteiger charge is -2.34. The molecule has 0 unspecified atom stereocenters. The molecule has 1 aromatic carbocycles. The maximum atomic E-state index is 12.9. The molecule has 2 aromatic heterocycles. The SMILES string of the molecule is Cc1cc(CN2CCN(S(=O)(=O)c3ccc4[nH]c(=O)[nH]c4c3)CC2)ccn1. The molecule has 1 aliphatic heterocycles. The molecule has 9 heteroatoms. The van der Waals surface area contributed by atoms with E-state index in [-0.39, 0.29) is 10.6 Å². The predicted molar refractivity (Wildman–Crippen MR) is 102 cm³/mol. The molecule has 0 aliphatic carbocycles. The number of benzene rings is 1. The van der Waals surface area contributed by atoms with Crippen molar-refractivity contribution in [2.24, 2.45) is 0 Å². The van der Waals surface area contributed by atoms with Gasteiger partial charge in [-0.2, -0.15) is 4.31 Å². The standard InChI is InChI=1S/C18H21N5O3S/c1-13-10-14(4-5-19-13)12-22-6-8-23(9-7-22)27(25,26)15-2-3-16-17(11-15)21-18(24)20-16/h2-5,10-11H,6-9,12H2,1H3,(H2,20,21,24). The van der Waals surface area contributed by atoms with Gasteiger partial charge in [0.05, 0.1) is 15.9 Å². The molecule has 1 fully saturated rings. The summed E-state index contributed by atoms with van der Waals surface area (Å²) in [4.78, 5) is 23.2. The quantitative estimate of drug-likeness (QED) is 0.697. The van der Waals surface area contributed by atoms with Crippen LogP contribution in [0.5, 0.6) is 0 Å². The molecule has 3 heterocycles. The third kappa shape index (κ3) is 3.66. The summed E-state index contributed by atoms with van der Waals surface area (Å²) in [7, 11) is -3.59. The van der Waals surface area contributed by atoms with Crippen LogP contribution in [-0.2, 0) is 16.6 Å². The topological polar surface area (TPSA) is 102 Å². The molecule has 2 N–H and O–H groups in total.